The molecule has 0 saturated carbocycles. The van der Waals surface area contributed by atoms with Crippen molar-refractivity contribution in [2.75, 3.05) is 25.0 Å². The molecule has 0 unspecified atom stereocenters. The van der Waals surface area contributed by atoms with Gasteiger partial charge in [0.25, 0.3) is 11.8 Å². The van der Waals surface area contributed by atoms with Crippen molar-refractivity contribution in [2.24, 2.45) is 5.92 Å². The van der Waals surface area contributed by atoms with Gasteiger partial charge in [-0.3, -0.25) is 14.4 Å². The molecule has 156 valence electrons. The lowest BCUT2D eigenvalue weighted by Gasteiger charge is -2.32. The molecule has 2 N–H and O–H groups in total. The number of hydrogen-bond donors (Lipinski definition) is 2. The third-order valence-electron chi connectivity index (χ3n) is 5.01. The Hall–Kier alpha value is -3.12. The normalized spacial score (nSPS) is 15.9. The highest BCUT2D eigenvalue weighted by atomic mass is 35.5. The SMILES string of the molecule is C=CCNC(=O)c1ccccc1NC(=O)[C@@H]1CCCN(C(=O)c2ccc(Cl)cc2)C1. The number of hydrogen-bond acceptors (Lipinski definition) is 3. The Labute approximate surface area is 180 Å². The van der Waals surface area contributed by atoms with Crippen molar-refractivity contribution in [1.29, 1.82) is 0 Å². The third-order valence-corrected chi connectivity index (χ3v) is 5.26. The zero-order chi connectivity index (χ0) is 21.5. The summed E-state index contributed by atoms with van der Waals surface area (Å²) in [6, 6.07) is 13.6. The molecule has 1 aliphatic heterocycles. The molecule has 0 spiro atoms. The summed E-state index contributed by atoms with van der Waals surface area (Å²) in [6.45, 7) is 4.86. The summed E-state index contributed by atoms with van der Waals surface area (Å²) in [6.07, 6.45) is 3.01. The first-order valence-electron chi connectivity index (χ1n) is 9.83. The molecule has 0 radical (unpaired) electrons. The summed E-state index contributed by atoms with van der Waals surface area (Å²) in [5.74, 6) is -0.950. The Balaban J connectivity index is 1.67. The van der Waals surface area contributed by atoms with E-state index in [9.17, 15) is 14.4 Å². The fourth-order valence-corrected chi connectivity index (χ4v) is 3.56. The Kier molecular flexibility index (Phi) is 7.25. The monoisotopic (exact) mass is 425 g/mol. The van der Waals surface area contributed by atoms with Gasteiger partial charge in [0, 0.05) is 30.2 Å². The van der Waals surface area contributed by atoms with Crippen LogP contribution in [0.5, 0.6) is 0 Å². The number of para-hydroxylation sites is 1. The van der Waals surface area contributed by atoms with Crippen LogP contribution in [0.1, 0.15) is 33.6 Å². The molecule has 3 rings (SSSR count). The largest absolute Gasteiger partial charge is 0.349 e. The van der Waals surface area contributed by atoms with Crippen molar-refractivity contribution in [3.05, 3.63) is 77.3 Å². The molecule has 1 aliphatic rings. The number of benzene rings is 2. The van der Waals surface area contributed by atoms with E-state index in [-0.39, 0.29) is 23.6 Å². The number of rotatable bonds is 6. The summed E-state index contributed by atoms with van der Waals surface area (Å²) < 4.78 is 0. The maximum atomic E-state index is 12.9. The molecule has 1 fully saturated rings. The molecule has 0 aromatic heterocycles. The van der Waals surface area contributed by atoms with Crippen molar-refractivity contribution >= 4 is 35.0 Å². The van der Waals surface area contributed by atoms with Crippen LogP contribution in [0.3, 0.4) is 0 Å². The summed E-state index contributed by atoms with van der Waals surface area (Å²) in [4.78, 5) is 39.7. The van der Waals surface area contributed by atoms with Crippen LogP contribution in [0.2, 0.25) is 5.02 Å². The number of nitrogens with one attached hydrogen (secondary N) is 2. The van der Waals surface area contributed by atoms with Gasteiger partial charge in [-0.25, -0.2) is 0 Å². The number of halogens is 1. The number of amides is 3. The van der Waals surface area contributed by atoms with Crippen LogP contribution in [0, 0.1) is 5.92 Å². The minimum Gasteiger partial charge on any atom is -0.349 e. The van der Waals surface area contributed by atoms with E-state index >= 15 is 0 Å². The van der Waals surface area contributed by atoms with E-state index in [2.05, 4.69) is 17.2 Å². The summed E-state index contributed by atoms with van der Waals surface area (Å²) in [5.41, 5.74) is 1.38. The molecule has 30 heavy (non-hydrogen) atoms. The minimum atomic E-state index is -0.348. The Morgan fingerprint density at radius 3 is 2.60 bits per heavy atom. The fourth-order valence-electron chi connectivity index (χ4n) is 3.44. The van der Waals surface area contributed by atoms with Gasteiger partial charge in [0.1, 0.15) is 0 Å². The molecule has 1 heterocycles. The minimum absolute atomic E-state index is 0.117. The lowest BCUT2D eigenvalue weighted by molar-refractivity contribution is -0.121. The number of piperidine rings is 1. The van der Waals surface area contributed by atoms with Crippen molar-refractivity contribution in [1.82, 2.24) is 10.2 Å². The van der Waals surface area contributed by atoms with Crippen LogP contribution < -0.4 is 10.6 Å². The number of carbonyl (C=O) groups excluding carboxylic acids is 3. The van der Waals surface area contributed by atoms with Crippen LogP contribution in [-0.4, -0.2) is 42.3 Å². The number of carbonyl (C=O) groups is 3. The number of likely N-dealkylation sites (tertiary alicyclic amines) is 1. The van der Waals surface area contributed by atoms with E-state index in [1.807, 2.05) is 0 Å². The smallest absolute Gasteiger partial charge is 0.253 e. The van der Waals surface area contributed by atoms with Gasteiger partial charge < -0.3 is 15.5 Å². The summed E-state index contributed by atoms with van der Waals surface area (Å²) in [7, 11) is 0. The molecule has 6 nitrogen and oxygen atoms in total. The third kappa shape index (κ3) is 5.27. The molecule has 7 heteroatoms. The van der Waals surface area contributed by atoms with E-state index in [0.717, 1.165) is 6.42 Å². The van der Waals surface area contributed by atoms with Gasteiger partial charge >= 0.3 is 0 Å². The highest BCUT2D eigenvalue weighted by Crippen LogP contribution is 2.22. The van der Waals surface area contributed by atoms with Gasteiger partial charge in [0.15, 0.2) is 0 Å². The summed E-state index contributed by atoms with van der Waals surface area (Å²) >= 11 is 5.90. The Morgan fingerprint density at radius 2 is 1.87 bits per heavy atom. The standard InChI is InChI=1S/C23H24ClN3O3/c1-2-13-25-22(29)19-7-3-4-8-20(19)26-21(28)17-6-5-14-27(15-17)23(30)16-9-11-18(24)12-10-16/h2-4,7-12,17H,1,5-6,13-15H2,(H,25,29)(H,26,28)/t17-/m1/s1. The molecule has 2 aromatic carbocycles. The maximum absolute atomic E-state index is 12.9. The van der Waals surface area contributed by atoms with Gasteiger partial charge in [-0.05, 0) is 49.2 Å². The molecule has 2 aromatic rings. The lowest BCUT2D eigenvalue weighted by Crippen LogP contribution is -2.43. The van der Waals surface area contributed by atoms with E-state index < -0.39 is 0 Å². The van der Waals surface area contributed by atoms with Crippen molar-refractivity contribution in [2.45, 2.75) is 12.8 Å². The van der Waals surface area contributed by atoms with Crippen LogP contribution in [0.15, 0.2) is 61.2 Å². The van der Waals surface area contributed by atoms with E-state index in [0.29, 0.717) is 47.9 Å². The van der Waals surface area contributed by atoms with Gasteiger partial charge in [0.05, 0.1) is 17.2 Å². The molecular formula is C23H24ClN3O3. The predicted octanol–water partition coefficient (Wildman–Crippen LogP) is 3.75. The van der Waals surface area contributed by atoms with Gasteiger partial charge in [-0.1, -0.05) is 29.8 Å². The van der Waals surface area contributed by atoms with Crippen molar-refractivity contribution in [3.63, 3.8) is 0 Å². The zero-order valence-electron chi connectivity index (χ0n) is 16.6. The average molecular weight is 426 g/mol. The fraction of sp³-hybridized carbons (Fsp3) is 0.261. The number of anilines is 1. The van der Waals surface area contributed by atoms with Crippen LogP contribution in [0.4, 0.5) is 5.69 Å². The first-order chi connectivity index (χ1) is 14.5. The highest BCUT2D eigenvalue weighted by Gasteiger charge is 2.29. The average Bonchev–Trinajstić information content (AvgIpc) is 2.78. The second kappa shape index (κ2) is 10.1. The van der Waals surface area contributed by atoms with Crippen molar-refractivity contribution in [3.8, 4) is 0 Å². The first-order valence-corrected chi connectivity index (χ1v) is 10.2. The molecule has 0 aliphatic carbocycles. The quantitative estimate of drug-likeness (QED) is 0.692. The predicted molar refractivity (Wildman–Crippen MR) is 118 cm³/mol. The number of nitrogens with zero attached hydrogens (tertiary/aromatic N) is 1. The highest BCUT2D eigenvalue weighted by molar-refractivity contribution is 6.30. The molecule has 3 amide bonds. The molecule has 0 bridgehead atoms. The van der Waals surface area contributed by atoms with Gasteiger partial charge in [0.2, 0.25) is 5.91 Å². The molecule has 1 saturated heterocycles. The first kappa shape index (κ1) is 21.6. The molecular weight excluding hydrogens is 402 g/mol. The lowest BCUT2D eigenvalue weighted by atomic mass is 9.96. The van der Waals surface area contributed by atoms with Gasteiger partial charge in [-0.15, -0.1) is 6.58 Å². The second-order valence-electron chi connectivity index (χ2n) is 7.13. The second-order valence-corrected chi connectivity index (χ2v) is 7.57. The van der Waals surface area contributed by atoms with E-state index in [1.54, 1.807) is 59.5 Å². The zero-order valence-corrected chi connectivity index (χ0v) is 17.3. The van der Waals surface area contributed by atoms with E-state index in [4.69, 9.17) is 11.6 Å². The van der Waals surface area contributed by atoms with Crippen LogP contribution in [0.25, 0.3) is 0 Å². The van der Waals surface area contributed by atoms with Crippen LogP contribution in [-0.2, 0) is 4.79 Å². The Bertz CT molecular complexity index is 943. The Morgan fingerprint density at radius 1 is 1.13 bits per heavy atom. The van der Waals surface area contributed by atoms with Gasteiger partial charge in [-0.2, -0.15) is 0 Å². The van der Waals surface area contributed by atoms with Crippen LogP contribution >= 0.6 is 11.6 Å². The van der Waals surface area contributed by atoms with E-state index in [1.165, 1.54) is 0 Å². The molecule has 1 atom stereocenters. The van der Waals surface area contributed by atoms with Crippen molar-refractivity contribution < 1.29 is 14.4 Å². The maximum Gasteiger partial charge on any atom is 0.253 e. The topological polar surface area (TPSA) is 78.5 Å². The summed E-state index contributed by atoms with van der Waals surface area (Å²) in [5, 5.41) is 6.15.